The third-order valence-electron chi connectivity index (χ3n) is 2.88. The normalized spacial score (nSPS) is 16.5. The van der Waals surface area contributed by atoms with Crippen molar-refractivity contribution in [2.24, 2.45) is 0 Å². The molecule has 0 aromatic heterocycles. The first-order chi connectivity index (χ1) is 8.12. The van der Waals surface area contributed by atoms with Crippen molar-refractivity contribution >= 4 is 0 Å². The molecule has 4 heteroatoms. The van der Waals surface area contributed by atoms with Gasteiger partial charge in [0.2, 0.25) is 0 Å². The minimum absolute atomic E-state index is 0.0378. The predicted octanol–water partition coefficient (Wildman–Crippen LogP) is 0.0859. The number of aliphatic hydroxyl groups excluding tert-OH is 3. The summed E-state index contributed by atoms with van der Waals surface area (Å²) in [7, 11) is 0. The summed E-state index contributed by atoms with van der Waals surface area (Å²) >= 11 is 0. The van der Waals surface area contributed by atoms with Crippen LogP contribution in [0.1, 0.15) is 18.4 Å². The standard InChI is InChI=1S/C13H20O4/c14-8-4-7-12(16)13(17,10-15)9-11-5-2-1-3-6-11/h1-3,5-6,12,14-17H,4,7-10H2. The minimum atomic E-state index is -1.55. The Hall–Kier alpha value is -0.940. The van der Waals surface area contributed by atoms with Gasteiger partial charge in [-0.15, -0.1) is 0 Å². The summed E-state index contributed by atoms with van der Waals surface area (Å²) in [5.41, 5.74) is -0.691. The third kappa shape index (κ3) is 4.09. The fraction of sp³-hybridized carbons (Fsp3) is 0.538. The van der Waals surface area contributed by atoms with Crippen molar-refractivity contribution < 1.29 is 20.4 Å². The van der Waals surface area contributed by atoms with Crippen molar-refractivity contribution in [1.82, 2.24) is 0 Å². The lowest BCUT2D eigenvalue weighted by molar-refractivity contribution is -0.108. The van der Waals surface area contributed by atoms with Gasteiger partial charge in [-0.3, -0.25) is 0 Å². The molecule has 4 N–H and O–H groups in total. The van der Waals surface area contributed by atoms with E-state index in [0.717, 1.165) is 5.56 Å². The van der Waals surface area contributed by atoms with Gasteiger partial charge in [-0.1, -0.05) is 30.3 Å². The Bertz CT molecular complexity index is 314. The van der Waals surface area contributed by atoms with Gasteiger partial charge in [0.05, 0.1) is 12.7 Å². The van der Waals surface area contributed by atoms with E-state index in [4.69, 9.17) is 5.11 Å². The second-order valence-corrected chi connectivity index (χ2v) is 4.31. The van der Waals surface area contributed by atoms with Crippen LogP contribution in [0.4, 0.5) is 0 Å². The van der Waals surface area contributed by atoms with Crippen molar-refractivity contribution in [3.05, 3.63) is 35.9 Å². The summed E-state index contributed by atoms with van der Waals surface area (Å²) in [6.45, 7) is -0.543. The molecule has 17 heavy (non-hydrogen) atoms. The van der Waals surface area contributed by atoms with Crippen LogP contribution >= 0.6 is 0 Å². The highest BCUT2D eigenvalue weighted by Gasteiger charge is 2.34. The summed E-state index contributed by atoms with van der Waals surface area (Å²) in [4.78, 5) is 0. The van der Waals surface area contributed by atoms with Crippen LogP contribution in [-0.2, 0) is 6.42 Å². The second kappa shape index (κ2) is 6.71. The molecule has 0 saturated carbocycles. The Kier molecular flexibility index (Phi) is 5.58. The van der Waals surface area contributed by atoms with E-state index in [0.29, 0.717) is 6.42 Å². The lowest BCUT2D eigenvalue weighted by Gasteiger charge is -2.31. The summed E-state index contributed by atoms with van der Waals surface area (Å²) in [6.07, 6.45) is -0.185. The zero-order valence-electron chi connectivity index (χ0n) is 9.79. The molecule has 0 spiro atoms. The Balaban J connectivity index is 2.67. The summed E-state index contributed by atoms with van der Waals surface area (Å²) in [6, 6.07) is 9.21. The van der Waals surface area contributed by atoms with E-state index >= 15 is 0 Å². The quantitative estimate of drug-likeness (QED) is 0.544. The molecule has 2 unspecified atom stereocenters. The van der Waals surface area contributed by atoms with Crippen LogP contribution in [-0.4, -0.2) is 45.3 Å². The summed E-state index contributed by atoms with van der Waals surface area (Å²) in [5, 5.41) is 38.0. The van der Waals surface area contributed by atoms with Crippen molar-refractivity contribution in [2.75, 3.05) is 13.2 Å². The van der Waals surface area contributed by atoms with Crippen LogP contribution in [0.5, 0.6) is 0 Å². The van der Waals surface area contributed by atoms with Crippen LogP contribution in [0.3, 0.4) is 0 Å². The average molecular weight is 240 g/mol. The number of hydrogen-bond donors (Lipinski definition) is 4. The molecule has 2 atom stereocenters. The van der Waals surface area contributed by atoms with E-state index in [1.807, 2.05) is 30.3 Å². The van der Waals surface area contributed by atoms with Crippen molar-refractivity contribution in [3.63, 3.8) is 0 Å². The molecule has 0 bridgehead atoms. The zero-order valence-corrected chi connectivity index (χ0v) is 9.79. The zero-order chi connectivity index (χ0) is 12.7. The number of benzene rings is 1. The Morgan fingerprint density at radius 1 is 1.12 bits per heavy atom. The van der Waals surface area contributed by atoms with Crippen LogP contribution in [0.15, 0.2) is 30.3 Å². The number of hydrogen-bond acceptors (Lipinski definition) is 4. The fourth-order valence-electron chi connectivity index (χ4n) is 1.78. The molecule has 0 heterocycles. The fourth-order valence-corrected chi connectivity index (χ4v) is 1.78. The number of rotatable bonds is 7. The SMILES string of the molecule is OCCCC(O)C(O)(CO)Cc1ccccc1. The van der Waals surface area contributed by atoms with Gasteiger partial charge in [-0.05, 0) is 18.4 Å². The van der Waals surface area contributed by atoms with E-state index in [2.05, 4.69) is 0 Å². The van der Waals surface area contributed by atoms with Crippen LogP contribution in [0.25, 0.3) is 0 Å². The molecule has 1 aromatic rings. The van der Waals surface area contributed by atoms with Crippen LogP contribution in [0, 0.1) is 0 Å². The smallest absolute Gasteiger partial charge is 0.117 e. The van der Waals surface area contributed by atoms with E-state index in [1.54, 1.807) is 0 Å². The molecule has 0 aliphatic rings. The molecule has 0 fully saturated rings. The molecule has 96 valence electrons. The van der Waals surface area contributed by atoms with Gasteiger partial charge in [-0.25, -0.2) is 0 Å². The lowest BCUT2D eigenvalue weighted by atomic mass is 9.87. The van der Waals surface area contributed by atoms with Crippen molar-refractivity contribution in [3.8, 4) is 0 Å². The summed E-state index contributed by atoms with van der Waals surface area (Å²) < 4.78 is 0. The molecule has 4 nitrogen and oxygen atoms in total. The Morgan fingerprint density at radius 3 is 2.29 bits per heavy atom. The molecule has 0 aliphatic carbocycles. The first-order valence-corrected chi connectivity index (χ1v) is 5.78. The molecule has 0 radical (unpaired) electrons. The first-order valence-electron chi connectivity index (χ1n) is 5.78. The van der Waals surface area contributed by atoms with Gasteiger partial charge in [0.1, 0.15) is 5.60 Å². The molecule has 1 rings (SSSR count). The monoisotopic (exact) mass is 240 g/mol. The molecule has 0 amide bonds. The van der Waals surface area contributed by atoms with E-state index in [-0.39, 0.29) is 19.4 Å². The van der Waals surface area contributed by atoms with Gasteiger partial charge >= 0.3 is 0 Å². The third-order valence-corrected chi connectivity index (χ3v) is 2.88. The highest BCUT2D eigenvalue weighted by atomic mass is 16.4. The van der Waals surface area contributed by atoms with E-state index in [9.17, 15) is 15.3 Å². The topological polar surface area (TPSA) is 80.9 Å². The largest absolute Gasteiger partial charge is 0.396 e. The van der Waals surface area contributed by atoms with Crippen LogP contribution in [0.2, 0.25) is 0 Å². The minimum Gasteiger partial charge on any atom is -0.396 e. The van der Waals surface area contributed by atoms with Crippen LogP contribution < -0.4 is 0 Å². The molecule has 0 saturated heterocycles. The van der Waals surface area contributed by atoms with Gasteiger partial charge < -0.3 is 20.4 Å². The highest BCUT2D eigenvalue weighted by Crippen LogP contribution is 2.20. The summed E-state index contributed by atoms with van der Waals surface area (Å²) in [5.74, 6) is 0. The van der Waals surface area contributed by atoms with Gasteiger partial charge in [-0.2, -0.15) is 0 Å². The lowest BCUT2D eigenvalue weighted by Crippen LogP contribution is -2.47. The van der Waals surface area contributed by atoms with Gasteiger partial charge in [0.15, 0.2) is 0 Å². The maximum absolute atomic E-state index is 10.2. The molecule has 0 aliphatic heterocycles. The van der Waals surface area contributed by atoms with Gasteiger partial charge in [0.25, 0.3) is 0 Å². The molecule has 1 aromatic carbocycles. The van der Waals surface area contributed by atoms with Crippen molar-refractivity contribution in [2.45, 2.75) is 31.0 Å². The van der Waals surface area contributed by atoms with E-state index in [1.165, 1.54) is 0 Å². The first kappa shape index (κ1) is 14.1. The molecular weight excluding hydrogens is 220 g/mol. The predicted molar refractivity (Wildman–Crippen MR) is 64.5 cm³/mol. The number of aliphatic hydroxyl groups is 4. The Morgan fingerprint density at radius 2 is 1.76 bits per heavy atom. The average Bonchev–Trinajstić information content (AvgIpc) is 2.36. The highest BCUT2D eigenvalue weighted by molar-refractivity contribution is 5.17. The second-order valence-electron chi connectivity index (χ2n) is 4.31. The Labute approximate surface area is 101 Å². The van der Waals surface area contributed by atoms with E-state index < -0.39 is 18.3 Å². The maximum atomic E-state index is 10.2. The maximum Gasteiger partial charge on any atom is 0.117 e. The molecular formula is C13H20O4. The van der Waals surface area contributed by atoms with Crippen molar-refractivity contribution in [1.29, 1.82) is 0 Å². The van der Waals surface area contributed by atoms with Gasteiger partial charge in [0, 0.05) is 13.0 Å².